The Morgan fingerprint density at radius 1 is 1.30 bits per heavy atom. The Morgan fingerprint density at radius 2 is 2.07 bits per heavy atom. The molecule has 2 amide bonds. The number of aliphatic hydroxyl groups is 1. The van der Waals surface area contributed by atoms with Crippen molar-refractivity contribution in [2.24, 2.45) is 0 Å². The van der Waals surface area contributed by atoms with Crippen LogP contribution in [0.4, 0.5) is 0 Å². The van der Waals surface area contributed by atoms with Gasteiger partial charge in [-0.05, 0) is 23.8 Å². The molecule has 1 saturated heterocycles. The number of benzene rings is 1. The van der Waals surface area contributed by atoms with Crippen molar-refractivity contribution >= 4 is 11.8 Å². The Kier molecular flexibility index (Phi) is 5.72. The van der Waals surface area contributed by atoms with E-state index in [0.717, 1.165) is 5.56 Å². The molecule has 0 unspecified atom stereocenters. The fraction of sp³-hybridized carbons (Fsp3) is 0.389. The van der Waals surface area contributed by atoms with Crippen LogP contribution in [0.15, 0.2) is 36.5 Å². The minimum absolute atomic E-state index is 0.0131. The van der Waals surface area contributed by atoms with Gasteiger partial charge in [0.15, 0.2) is 0 Å². The lowest BCUT2D eigenvalue weighted by Crippen LogP contribution is -2.53. The van der Waals surface area contributed by atoms with E-state index in [0.29, 0.717) is 13.2 Å². The van der Waals surface area contributed by atoms with Crippen LogP contribution >= 0.6 is 0 Å². The van der Waals surface area contributed by atoms with E-state index >= 15 is 0 Å². The lowest BCUT2D eigenvalue weighted by molar-refractivity contribution is -0.133. The van der Waals surface area contributed by atoms with E-state index in [-0.39, 0.29) is 43.5 Å². The van der Waals surface area contributed by atoms with Gasteiger partial charge in [0.2, 0.25) is 5.91 Å². The lowest BCUT2D eigenvalue weighted by atomic mass is 10.0. The van der Waals surface area contributed by atoms with Crippen molar-refractivity contribution < 1.29 is 24.5 Å². The molecule has 9 nitrogen and oxygen atoms in total. The van der Waals surface area contributed by atoms with E-state index in [1.807, 2.05) is 0 Å². The van der Waals surface area contributed by atoms with Crippen LogP contribution in [0.2, 0.25) is 0 Å². The van der Waals surface area contributed by atoms with Crippen LogP contribution in [0.1, 0.15) is 16.1 Å². The van der Waals surface area contributed by atoms with Crippen LogP contribution in [0.5, 0.6) is 5.75 Å². The van der Waals surface area contributed by atoms with Crippen molar-refractivity contribution in [2.45, 2.75) is 12.0 Å². The average Bonchev–Trinajstić information content (AvgIpc) is 3.12. The Morgan fingerprint density at radius 3 is 2.78 bits per heavy atom. The Hall–Kier alpha value is -2.91. The van der Waals surface area contributed by atoms with E-state index < -0.39 is 11.5 Å². The number of rotatable bonds is 5. The molecule has 0 aliphatic carbocycles. The number of aromatic nitrogens is 2. The Balaban J connectivity index is 1.60. The molecule has 27 heavy (non-hydrogen) atoms. The maximum Gasteiger partial charge on any atom is 0.269 e. The number of β-amino-alcohol motifs (C(OH)–C–C–N with tert-alkyl or cyclic N) is 1. The number of nitrogens with zero attached hydrogens (tertiary/aromatic N) is 2. The summed E-state index contributed by atoms with van der Waals surface area (Å²) in [5.41, 5.74) is -0.343. The number of hydrogen-bond acceptors (Lipinski definition) is 6. The normalized spacial score (nSPS) is 20.1. The zero-order valence-corrected chi connectivity index (χ0v) is 14.7. The van der Waals surface area contributed by atoms with Gasteiger partial charge in [-0.3, -0.25) is 14.7 Å². The van der Waals surface area contributed by atoms with Crippen molar-refractivity contribution in [1.29, 1.82) is 0 Å². The summed E-state index contributed by atoms with van der Waals surface area (Å²) >= 11 is 0. The number of hydrogen-bond donors (Lipinski definition) is 4. The number of carbonyl (C=O) groups is 2. The number of phenolic OH excluding ortho intramolecular Hbond substituents is 1. The largest absolute Gasteiger partial charge is 0.508 e. The topological polar surface area (TPSA) is 128 Å². The molecule has 1 aromatic heterocycles. The predicted molar refractivity (Wildman–Crippen MR) is 95.1 cm³/mol. The quantitative estimate of drug-likeness (QED) is 0.568. The molecule has 1 atom stereocenters. The molecule has 1 aliphatic rings. The molecule has 3 rings (SSSR count). The molecule has 144 valence electrons. The number of H-pyrrole nitrogens is 1. The SMILES string of the molecule is O=C(NC[C@@]1(O)COCCN(C(=O)Cc2ccc(O)cc2)C1)c1ccn[nH]1. The summed E-state index contributed by atoms with van der Waals surface area (Å²) in [6.07, 6.45) is 1.61. The predicted octanol–water partition coefficient (Wildman–Crippen LogP) is -0.322. The summed E-state index contributed by atoms with van der Waals surface area (Å²) in [6, 6.07) is 7.93. The number of aromatic amines is 1. The van der Waals surface area contributed by atoms with Gasteiger partial charge in [-0.15, -0.1) is 0 Å². The van der Waals surface area contributed by atoms with Crippen molar-refractivity contribution in [3.63, 3.8) is 0 Å². The minimum atomic E-state index is -1.39. The standard InChI is InChI=1S/C18H22N4O5/c23-14-3-1-13(2-4-14)9-16(24)22-7-8-27-12-18(26,11-22)10-19-17(25)15-5-6-20-21-15/h1-6,23,26H,7-12H2,(H,19,25)(H,20,21)/t18-/m0/s1. The maximum absolute atomic E-state index is 12.6. The zero-order valence-electron chi connectivity index (χ0n) is 14.7. The fourth-order valence-corrected chi connectivity index (χ4v) is 2.86. The van der Waals surface area contributed by atoms with Crippen molar-refractivity contribution in [3.05, 3.63) is 47.8 Å². The van der Waals surface area contributed by atoms with Crippen LogP contribution in [-0.4, -0.2) is 75.6 Å². The molecule has 0 saturated carbocycles. The number of phenols is 1. The van der Waals surface area contributed by atoms with Crippen molar-refractivity contribution in [2.75, 3.05) is 32.8 Å². The van der Waals surface area contributed by atoms with Crippen LogP contribution in [-0.2, 0) is 16.0 Å². The smallest absolute Gasteiger partial charge is 0.269 e. The van der Waals surface area contributed by atoms with E-state index in [9.17, 15) is 19.8 Å². The fourth-order valence-electron chi connectivity index (χ4n) is 2.86. The number of nitrogens with one attached hydrogen (secondary N) is 2. The third-order valence-corrected chi connectivity index (χ3v) is 4.33. The van der Waals surface area contributed by atoms with Gasteiger partial charge in [-0.25, -0.2) is 0 Å². The first-order valence-corrected chi connectivity index (χ1v) is 8.59. The first-order valence-electron chi connectivity index (χ1n) is 8.59. The Labute approximate surface area is 155 Å². The first-order chi connectivity index (χ1) is 13.0. The van der Waals surface area contributed by atoms with Crippen LogP contribution in [0, 0.1) is 0 Å². The van der Waals surface area contributed by atoms with E-state index in [1.165, 1.54) is 29.3 Å². The maximum atomic E-state index is 12.6. The summed E-state index contributed by atoms with van der Waals surface area (Å²) in [5.74, 6) is -0.423. The van der Waals surface area contributed by atoms with E-state index in [1.54, 1.807) is 12.1 Å². The van der Waals surface area contributed by atoms with Crippen LogP contribution in [0.3, 0.4) is 0 Å². The zero-order chi connectivity index (χ0) is 19.3. The first kappa shape index (κ1) is 18.9. The van der Waals surface area contributed by atoms with Gasteiger partial charge < -0.3 is 25.2 Å². The average molecular weight is 374 g/mol. The highest BCUT2D eigenvalue weighted by Crippen LogP contribution is 2.15. The number of ether oxygens (including phenoxy) is 1. The minimum Gasteiger partial charge on any atom is -0.508 e. The number of amides is 2. The second kappa shape index (κ2) is 8.19. The third-order valence-electron chi connectivity index (χ3n) is 4.33. The van der Waals surface area contributed by atoms with Gasteiger partial charge >= 0.3 is 0 Å². The lowest BCUT2D eigenvalue weighted by Gasteiger charge is -2.31. The molecule has 0 spiro atoms. The van der Waals surface area contributed by atoms with Gasteiger partial charge in [-0.1, -0.05) is 12.1 Å². The van der Waals surface area contributed by atoms with Gasteiger partial charge in [-0.2, -0.15) is 5.10 Å². The highest BCUT2D eigenvalue weighted by atomic mass is 16.5. The highest BCUT2D eigenvalue weighted by Gasteiger charge is 2.35. The van der Waals surface area contributed by atoms with Gasteiger partial charge in [0.05, 0.1) is 32.7 Å². The molecule has 2 aromatic rings. The molecule has 0 bridgehead atoms. The second-order valence-corrected chi connectivity index (χ2v) is 6.59. The summed E-state index contributed by atoms with van der Waals surface area (Å²) in [5, 5.41) is 29.1. The molecule has 0 radical (unpaired) electrons. The molecule has 1 fully saturated rings. The monoisotopic (exact) mass is 374 g/mol. The van der Waals surface area contributed by atoms with Gasteiger partial charge in [0.25, 0.3) is 5.91 Å². The second-order valence-electron chi connectivity index (χ2n) is 6.59. The van der Waals surface area contributed by atoms with Gasteiger partial charge in [0.1, 0.15) is 17.0 Å². The van der Waals surface area contributed by atoms with E-state index in [4.69, 9.17) is 4.74 Å². The molecular formula is C18H22N4O5. The summed E-state index contributed by atoms with van der Waals surface area (Å²) in [4.78, 5) is 26.2. The highest BCUT2D eigenvalue weighted by molar-refractivity contribution is 5.92. The molecular weight excluding hydrogens is 352 g/mol. The molecule has 1 aliphatic heterocycles. The summed E-state index contributed by atoms with van der Waals surface area (Å²) in [7, 11) is 0. The Bertz CT molecular complexity index is 778. The van der Waals surface area contributed by atoms with Crippen molar-refractivity contribution in [1.82, 2.24) is 20.4 Å². The van der Waals surface area contributed by atoms with Crippen LogP contribution in [0.25, 0.3) is 0 Å². The number of carbonyl (C=O) groups excluding carboxylic acids is 2. The third kappa shape index (κ3) is 5.05. The molecule has 9 heteroatoms. The van der Waals surface area contributed by atoms with Crippen molar-refractivity contribution in [3.8, 4) is 5.75 Å². The van der Waals surface area contributed by atoms with Crippen LogP contribution < -0.4 is 5.32 Å². The van der Waals surface area contributed by atoms with Gasteiger partial charge in [0, 0.05) is 12.7 Å². The summed E-state index contributed by atoms with van der Waals surface area (Å²) in [6.45, 7) is 0.659. The molecule has 1 aromatic carbocycles. The van der Waals surface area contributed by atoms with E-state index in [2.05, 4.69) is 15.5 Å². The number of aromatic hydroxyl groups is 1. The summed E-state index contributed by atoms with van der Waals surface area (Å²) < 4.78 is 5.43. The molecule has 4 N–H and O–H groups in total. The molecule has 2 heterocycles.